The summed E-state index contributed by atoms with van der Waals surface area (Å²) in [6.45, 7) is 3.90. The molecule has 22 heavy (non-hydrogen) atoms. The van der Waals surface area contributed by atoms with Gasteiger partial charge >= 0.3 is 0 Å². The van der Waals surface area contributed by atoms with Gasteiger partial charge in [0.05, 0.1) is 18.8 Å². The van der Waals surface area contributed by atoms with Crippen molar-refractivity contribution < 1.29 is 9.53 Å². The van der Waals surface area contributed by atoms with Crippen LogP contribution in [0.5, 0.6) is 5.75 Å². The Kier molecular flexibility index (Phi) is 5.55. The number of methoxy groups -OCH3 is 1. The fourth-order valence-electron chi connectivity index (χ4n) is 2.28. The lowest BCUT2D eigenvalue weighted by Gasteiger charge is -2.20. The largest absolute Gasteiger partial charge is 0.495 e. The summed E-state index contributed by atoms with van der Waals surface area (Å²) in [6.07, 6.45) is 0. The van der Waals surface area contributed by atoms with Gasteiger partial charge in [-0.15, -0.1) is 0 Å². The number of amides is 1. The summed E-state index contributed by atoms with van der Waals surface area (Å²) in [7, 11) is 1.59. The molecule has 0 radical (unpaired) electrons. The second kappa shape index (κ2) is 7.61. The minimum absolute atomic E-state index is 0.0905. The summed E-state index contributed by atoms with van der Waals surface area (Å²) in [4.78, 5) is 12.3. The van der Waals surface area contributed by atoms with Crippen LogP contribution in [0.1, 0.15) is 25.5 Å². The number of hydrogen-bond acceptors (Lipinski definition) is 3. The predicted octanol–water partition coefficient (Wildman–Crippen LogP) is 3.37. The summed E-state index contributed by atoms with van der Waals surface area (Å²) < 4.78 is 5.24. The number of carbonyl (C=O) groups excluding carboxylic acids is 1. The molecule has 0 bridgehead atoms. The molecule has 0 spiro atoms. The average Bonchev–Trinajstić information content (AvgIpc) is 2.56. The highest BCUT2D eigenvalue weighted by molar-refractivity contribution is 5.95. The first-order chi connectivity index (χ1) is 10.6. The lowest BCUT2D eigenvalue weighted by atomic mass is 10.1. The van der Waals surface area contributed by atoms with E-state index in [0.717, 1.165) is 5.56 Å². The molecule has 4 nitrogen and oxygen atoms in total. The molecular formula is C18H22N2O2. The third-order valence-electron chi connectivity index (χ3n) is 3.56. The van der Waals surface area contributed by atoms with Gasteiger partial charge in [-0.1, -0.05) is 42.5 Å². The summed E-state index contributed by atoms with van der Waals surface area (Å²) in [5, 5.41) is 6.19. The first-order valence-corrected chi connectivity index (χ1v) is 7.36. The van der Waals surface area contributed by atoms with E-state index >= 15 is 0 Å². The number of ether oxygens (including phenoxy) is 1. The van der Waals surface area contributed by atoms with E-state index < -0.39 is 0 Å². The maximum absolute atomic E-state index is 12.3. The molecule has 2 aromatic rings. The molecular weight excluding hydrogens is 276 g/mol. The summed E-state index contributed by atoms with van der Waals surface area (Å²) in [5.74, 6) is 0.562. The van der Waals surface area contributed by atoms with Crippen molar-refractivity contribution in [2.75, 3.05) is 12.4 Å². The van der Waals surface area contributed by atoms with E-state index in [2.05, 4.69) is 10.6 Å². The Morgan fingerprint density at radius 3 is 2.32 bits per heavy atom. The van der Waals surface area contributed by atoms with Crippen LogP contribution in [0.4, 0.5) is 5.69 Å². The van der Waals surface area contributed by atoms with Crippen LogP contribution in [0.15, 0.2) is 54.6 Å². The first kappa shape index (κ1) is 16.0. The van der Waals surface area contributed by atoms with Crippen molar-refractivity contribution in [3.63, 3.8) is 0 Å². The monoisotopic (exact) mass is 298 g/mol. The van der Waals surface area contributed by atoms with Gasteiger partial charge in [-0.25, -0.2) is 0 Å². The minimum atomic E-state index is -0.319. The van der Waals surface area contributed by atoms with Gasteiger partial charge in [0.25, 0.3) is 0 Å². The molecule has 0 aliphatic heterocycles. The Morgan fingerprint density at radius 1 is 1.00 bits per heavy atom. The molecule has 1 amide bonds. The van der Waals surface area contributed by atoms with Gasteiger partial charge in [-0.2, -0.15) is 0 Å². The Labute approximate surface area is 131 Å². The van der Waals surface area contributed by atoms with Crippen LogP contribution < -0.4 is 15.4 Å². The Balaban J connectivity index is 1.97. The Morgan fingerprint density at radius 2 is 1.64 bits per heavy atom. The van der Waals surface area contributed by atoms with Crippen LogP contribution in [0.3, 0.4) is 0 Å². The zero-order valence-electron chi connectivity index (χ0n) is 13.2. The van der Waals surface area contributed by atoms with Crippen LogP contribution in [0.25, 0.3) is 0 Å². The van der Waals surface area contributed by atoms with Crippen molar-refractivity contribution in [3.8, 4) is 5.75 Å². The van der Waals surface area contributed by atoms with Crippen molar-refractivity contribution >= 4 is 11.6 Å². The van der Waals surface area contributed by atoms with Crippen LogP contribution in [-0.4, -0.2) is 19.1 Å². The maximum atomic E-state index is 12.3. The van der Waals surface area contributed by atoms with Gasteiger partial charge in [0.15, 0.2) is 0 Å². The highest BCUT2D eigenvalue weighted by atomic mass is 16.5. The molecule has 4 heteroatoms. The van der Waals surface area contributed by atoms with E-state index in [1.165, 1.54) is 0 Å². The lowest BCUT2D eigenvalue weighted by molar-refractivity contribution is -0.117. The van der Waals surface area contributed by atoms with Crippen molar-refractivity contribution in [2.24, 2.45) is 0 Å². The summed E-state index contributed by atoms with van der Waals surface area (Å²) in [6, 6.07) is 17.2. The van der Waals surface area contributed by atoms with Gasteiger partial charge in [-0.3, -0.25) is 10.1 Å². The molecule has 116 valence electrons. The Bertz CT molecular complexity index is 613. The van der Waals surface area contributed by atoms with Gasteiger partial charge in [-0.05, 0) is 31.5 Å². The highest BCUT2D eigenvalue weighted by Crippen LogP contribution is 2.23. The number of para-hydroxylation sites is 2. The van der Waals surface area contributed by atoms with E-state index in [1.807, 2.05) is 68.4 Å². The molecule has 0 unspecified atom stereocenters. The zero-order chi connectivity index (χ0) is 15.9. The number of anilines is 1. The molecule has 0 fully saturated rings. The second-order valence-electron chi connectivity index (χ2n) is 5.21. The van der Waals surface area contributed by atoms with Gasteiger partial charge < -0.3 is 10.1 Å². The van der Waals surface area contributed by atoms with Crippen molar-refractivity contribution in [1.29, 1.82) is 0 Å². The van der Waals surface area contributed by atoms with Crippen molar-refractivity contribution in [1.82, 2.24) is 5.32 Å². The van der Waals surface area contributed by atoms with Gasteiger partial charge in [0.1, 0.15) is 5.75 Å². The highest BCUT2D eigenvalue weighted by Gasteiger charge is 2.17. The molecule has 0 aliphatic rings. The molecule has 2 aromatic carbocycles. The van der Waals surface area contributed by atoms with Crippen LogP contribution >= 0.6 is 0 Å². The number of carbonyl (C=O) groups is 1. The van der Waals surface area contributed by atoms with Crippen molar-refractivity contribution in [3.05, 3.63) is 60.2 Å². The second-order valence-corrected chi connectivity index (χ2v) is 5.21. The molecule has 2 rings (SSSR count). The molecule has 2 N–H and O–H groups in total. The fourth-order valence-corrected chi connectivity index (χ4v) is 2.28. The predicted molar refractivity (Wildman–Crippen MR) is 89.1 cm³/mol. The topological polar surface area (TPSA) is 50.4 Å². The third-order valence-corrected chi connectivity index (χ3v) is 3.56. The van der Waals surface area contributed by atoms with Crippen LogP contribution in [0.2, 0.25) is 0 Å². The third kappa shape index (κ3) is 4.09. The molecule has 2 atom stereocenters. The fraction of sp³-hybridized carbons (Fsp3) is 0.278. The van der Waals surface area contributed by atoms with Crippen LogP contribution in [0, 0.1) is 0 Å². The van der Waals surface area contributed by atoms with E-state index in [1.54, 1.807) is 7.11 Å². The van der Waals surface area contributed by atoms with E-state index in [4.69, 9.17) is 4.74 Å². The molecule has 0 aliphatic carbocycles. The van der Waals surface area contributed by atoms with E-state index in [0.29, 0.717) is 11.4 Å². The van der Waals surface area contributed by atoms with Crippen LogP contribution in [-0.2, 0) is 4.79 Å². The van der Waals surface area contributed by atoms with Gasteiger partial charge in [0, 0.05) is 6.04 Å². The smallest absolute Gasteiger partial charge is 0.241 e. The lowest BCUT2D eigenvalue weighted by Crippen LogP contribution is -2.39. The molecule has 0 aromatic heterocycles. The number of benzene rings is 2. The number of nitrogens with one attached hydrogen (secondary N) is 2. The van der Waals surface area contributed by atoms with Crippen molar-refractivity contribution in [2.45, 2.75) is 25.9 Å². The number of hydrogen-bond donors (Lipinski definition) is 2. The quantitative estimate of drug-likeness (QED) is 0.859. The molecule has 0 heterocycles. The van der Waals surface area contributed by atoms with E-state index in [-0.39, 0.29) is 18.0 Å². The Hall–Kier alpha value is -2.33. The summed E-state index contributed by atoms with van der Waals surface area (Å²) in [5.41, 5.74) is 1.83. The molecule has 0 saturated heterocycles. The maximum Gasteiger partial charge on any atom is 0.241 e. The van der Waals surface area contributed by atoms with E-state index in [9.17, 15) is 4.79 Å². The summed E-state index contributed by atoms with van der Waals surface area (Å²) >= 11 is 0. The normalized spacial score (nSPS) is 13.2. The van der Waals surface area contributed by atoms with Gasteiger partial charge in [0.2, 0.25) is 5.91 Å². The number of rotatable bonds is 6. The zero-order valence-corrected chi connectivity index (χ0v) is 13.2. The molecule has 0 saturated carbocycles. The standard InChI is InChI=1S/C18H22N2O2/c1-13(15-9-5-4-6-10-15)19-14(2)18(21)20-16-11-7-8-12-17(16)22-3/h4-14,19H,1-3H3,(H,20,21)/t13-,14-/m1/s1. The first-order valence-electron chi connectivity index (χ1n) is 7.36. The average molecular weight is 298 g/mol. The minimum Gasteiger partial charge on any atom is -0.495 e. The SMILES string of the molecule is COc1ccccc1NC(=O)[C@@H](C)N[C@H](C)c1ccccc1.